The van der Waals surface area contributed by atoms with Crippen LogP contribution in [0.1, 0.15) is 12.0 Å². The predicted molar refractivity (Wildman–Crippen MR) is 65.8 cm³/mol. The maximum atomic E-state index is 12.4. The van der Waals surface area contributed by atoms with Gasteiger partial charge in [-0.15, -0.1) is 0 Å². The van der Waals surface area contributed by atoms with Gasteiger partial charge >= 0.3 is 6.18 Å². The lowest BCUT2D eigenvalue weighted by molar-refractivity contribution is -0.137. The van der Waals surface area contributed by atoms with Crippen LogP contribution in [-0.2, 0) is 6.18 Å². The molecule has 1 aliphatic heterocycles. The fraction of sp³-hybridized carbons (Fsp3) is 0.455. The number of nitrogens with one attached hydrogen (secondary N) is 1. The summed E-state index contributed by atoms with van der Waals surface area (Å²) < 4.78 is 37.3. The first-order chi connectivity index (χ1) is 7.97. The van der Waals surface area contributed by atoms with Gasteiger partial charge in [0, 0.05) is 11.8 Å². The van der Waals surface area contributed by atoms with Crippen molar-refractivity contribution in [2.75, 3.05) is 16.8 Å². The van der Waals surface area contributed by atoms with Gasteiger partial charge in [0.1, 0.15) is 0 Å². The third-order valence-electron chi connectivity index (χ3n) is 2.59. The van der Waals surface area contributed by atoms with Gasteiger partial charge in [0.25, 0.3) is 0 Å². The minimum Gasteiger partial charge on any atom is -0.380 e. The fourth-order valence-corrected chi connectivity index (χ4v) is 3.06. The molecule has 1 aromatic rings. The van der Waals surface area contributed by atoms with Crippen LogP contribution < -0.4 is 5.32 Å². The number of thioether (sulfide) groups is 1. The second-order valence-electron chi connectivity index (χ2n) is 3.90. The van der Waals surface area contributed by atoms with E-state index in [0.29, 0.717) is 11.7 Å². The Labute approximate surface area is 107 Å². The summed E-state index contributed by atoms with van der Waals surface area (Å²) >= 11 is 7.67. The van der Waals surface area contributed by atoms with Crippen molar-refractivity contribution in [1.29, 1.82) is 0 Å². The Bertz CT molecular complexity index is 402. The van der Waals surface area contributed by atoms with Gasteiger partial charge in [0.2, 0.25) is 0 Å². The molecule has 17 heavy (non-hydrogen) atoms. The Morgan fingerprint density at radius 3 is 2.65 bits per heavy atom. The summed E-state index contributed by atoms with van der Waals surface area (Å²) in [6.45, 7) is 0. The van der Waals surface area contributed by atoms with E-state index in [2.05, 4.69) is 5.32 Å². The van der Waals surface area contributed by atoms with E-state index in [0.717, 1.165) is 30.1 Å². The monoisotopic (exact) mass is 281 g/mol. The lowest BCUT2D eigenvalue weighted by atomic mass is 10.1. The molecule has 0 radical (unpaired) electrons. The van der Waals surface area contributed by atoms with Crippen LogP contribution in [0, 0.1) is 0 Å². The van der Waals surface area contributed by atoms with Gasteiger partial charge in [-0.25, -0.2) is 0 Å². The first kappa shape index (κ1) is 12.9. The minimum atomic E-state index is -4.34. The molecule has 1 heterocycles. The summed E-state index contributed by atoms with van der Waals surface area (Å²) in [5.74, 6) is 2.05. The van der Waals surface area contributed by atoms with E-state index < -0.39 is 11.7 Å². The molecule has 0 spiro atoms. The topological polar surface area (TPSA) is 12.0 Å². The van der Waals surface area contributed by atoms with Crippen LogP contribution in [0.2, 0.25) is 5.02 Å². The molecular formula is C11H11ClF3NS. The zero-order valence-electron chi connectivity index (χ0n) is 8.85. The summed E-state index contributed by atoms with van der Waals surface area (Å²) in [4.78, 5) is 0. The van der Waals surface area contributed by atoms with Gasteiger partial charge in [-0.1, -0.05) is 11.6 Å². The number of hydrogen-bond acceptors (Lipinski definition) is 2. The molecule has 0 bridgehead atoms. The van der Waals surface area contributed by atoms with E-state index in [9.17, 15) is 13.2 Å². The molecule has 1 saturated heterocycles. The van der Waals surface area contributed by atoms with E-state index in [1.165, 1.54) is 6.07 Å². The predicted octanol–water partition coefficient (Wildman–Crippen LogP) is 4.28. The van der Waals surface area contributed by atoms with Gasteiger partial charge in [-0.05, 0) is 30.4 Å². The Balaban J connectivity index is 2.14. The van der Waals surface area contributed by atoms with Crippen molar-refractivity contribution >= 4 is 29.1 Å². The van der Waals surface area contributed by atoms with Crippen molar-refractivity contribution in [3.8, 4) is 0 Å². The molecule has 0 aliphatic carbocycles. The third kappa shape index (κ3) is 3.22. The van der Waals surface area contributed by atoms with Crippen LogP contribution in [-0.4, -0.2) is 17.5 Å². The fourth-order valence-electron chi connectivity index (χ4n) is 1.68. The highest BCUT2D eigenvalue weighted by molar-refractivity contribution is 7.99. The van der Waals surface area contributed by atoms with Gasteiger partial charge in [0.15, 0.2) is 0 Å². The number of alkyl halides is 3. The van der Waals surface area contributed by atoms with Crippen molar-refractivity contribution < 1.29 is 13.2 Å². The van der Waals surface area contributed by atoms with Gasteiger partial charge in [-0.3, -0.25) is 0 Å². The summed E-state index contributed by atoms with van der Waals surface area (Å²) in [5.41, 5.74) is -0.138. The van der Waals surface area contributed by atoms with E-state index in [-0.39, 0.29) is 5.02 Å². The van der Waals surface area contributed by atoms with E-state index in [1.54, 1.807) is 0 Å². The molecule has 1 fully saturated rings. The number of halogens is 4. The summed E-state index contributed by atoms with van der Waals surface area (Å²) in [6, 6.07) is 3.71. The molecule has 1 N–H and O–H groups in total. The van der Waals surface area contributed by atoms with Crippen molar-refractivity contribution in [2.45, 2.75) is 18.6 Å². The van der Waals surface area contributed by atoms with E-state index in [4.69, 9.17) is 11.6 Å². The first-order valence-corrected chi connectivity index (χ1v) is 6.71. The molecule has 2 rings (SSSR count). The molecular weight excluding hydrogens is 271 g/mol. The second kappa shape index (κ2) is 4.98. The normalized spacial score (nSPS) is 20.6. The maximum absolute atomic E-state index is 12.4. The molecule has 6 heteroatoms. The van der Waals surface area contributed by atoms with Crippen LogP contribution in [0.3, 0.4) is 0 Å². The Morgan fingerprint density at radius 2 is 2.12 bits per heavy atom. The lowest BCUT2D eigenvalue weighted by Crippen LogP contribution is -2.18. The molecule has 0 amide bonds. The van der Waals surface area contributed by atoms with E-state index in [1.807, 2.05) is 11.8 Å². The van der Waals surface area contributed by atoms with Crippen LogP contribution in [0.25, 0.3) is 0 Å². The number of anilines is 1. The molecule has 94 valence electrons. The molecule has 0 saturated carbocycles. The van der Waals surface area contributed by atoms with E-state index >= 15 is 0 Å². The average Bonchev–Trinajstić information content (AvgIpc) is 2.72. The highest BCUT2D eigenvalue weighted by Gasteiger charge is 2.31. The molecule has 1 aliphatic rings. The largest absolute Gasteiger partial charge is 0.416 e. The van der Waals surface area contributed by atoms with Crippen molar-refractivity contribution in [3.05, 3.63) is 28.8 Å². The summed E-state index contributed by atoms with van der Waals surface area (Å²) in [7, 11) is 0. The highest BCUT2D eigenvalue weighted by Crippen LogP contribution is 2.34. The molecule has 1 atom stereocenters. The Hall–Kier alpha value is -0.550. The van der Waals surface area contributed by atoms with Crippen LogP contribution in [0.15, 0.2) is 18.2 Å². The van der Waals surface area contributed by atoms with Crippen molar-refractivity contribution in [3.63, 3.8) is 0 Å². The van der Waals surface area contributed by atoms with Crippen molar-refractivity contribution in [1.82, 2.24) is 0 Å². The molecule has 1 unspecified atom stereocenters. The Morgan fingerprint density at radius 1 is 1.35 bits per heavy atom. The number of rotatable bonds is 2. The number of hydrogen-bond donors (Lipinski definition) is 1. The maximum Gasteiger partial charge on any atom is 0.416 e. The quantitative estimate of drug-likeness (QED) is 0.868. The van der Waals surface area contributed by atoms with Crippen LogP contribution in [0.4, 0.5) is 18.9 Å². The lowest BCUT2D eigenvalue weighted by Gasteiger charge is -2.15. The molecule has 0 aromatic heterocycles. The highest BCUT2D eigenvalue weighted by atomic mass is 35.5. The molecule has 1 nitrogen and oxygen atoms in total. The second-order valence-corrected chi connectivity index (χ2v) is 5.45. The third-order valence-corrected chi connectivity index (χ3v) is 4.06. The first-order valence-electron chi connectivity index (χ1n) is 5.18. The van der Waals surface area contributed by atoms with Crippen LogP contribution >= 0.6 is 23.4 Å². The zero-order chi connectivity index (χ0) is 12.5. The summed E-state index contributed by atoms with van der Waals surface area (Å²) in [5, 5.41) is 3.29. The average molecular weight is 282 g/mol. The SMILES string of the molecule is FC(F)(F)c1ccc(NC2CCSC2)c(Cl)c1. The van der Waals surface area contributed by atoms with Gasteiger partial charge < -0.3 is 5.32 Å². The van der Waals surface area contributed by atoms with Gasteiger partial charge in [0.05, 0.1) is 16.3 Å². The standard InChI is InChI=1S/C11H11ClF3NS/c12-9-5-7(11(13,14)15)1-2-10(9)16-8-3-4-17-6-8/h1-2,5,8,16H,3-4,6H2. The summed E-state index contributed by atoms with van der Waals surface area (Å²) in [6.07, 6.45) is -3.33. The number of benzene rings is 1. The minimum absolute atomic E-state index is 0.122. The van der Waals surface area contributed by atoms with Gasteiger partial charge in [-0.2, -0.15) is 24.9 Å². The zero-order valence-corrected chi connectivity index (χ0v) is 10.4. The smallest absolute Gasteiger partial charge is 0.380 e. The Kier molecular flexibility index (Phi) is 3.78. The van der Waals surface area contributed by atoms with Crippen molar-refractivity contribution in [2.24, 2.45) is 0 Å². The van der Waals surface area contributed by atoms with Crippen LogP contribution in [0.5, 0.6) is 0 Å². The molecule has 1 aromatic carbocycles.